The standard InChI is InChI=1S/C24H25F2NO5/c25-24(26)18-10-17(11-19(24)14-31-13-18)22(28)27-21(23(29)30)16-6-8-20(9-7-16)32-12-15-4-2-1-3-5-15/h1-9,17-19,21H,10-14H2,(H,27,28)(H,29,30). The number of hydrogen-bond acceptors (Lipinski definition) is 4. The van der Waals surface area contributed by atoms with Crippen molar-refractivity contribution in [3.63, 3.8) is 0 Å². The number of carbonyl (C=O) groups excluding carboxylic acids is 1. The molecule has 2 aliphatic rings. The van der Waals surface area contributed by atoms with Gasteiger partial charge in [-0.2, -0.15) is 0 Å². The number of aliphatic carboxylic acids is 1. The summed E-state index contributed by atoms with van der Waals surface area (Å²) in [6.07, 6.45) is -0.0398. The van der Waals surface area contributed by atoms with Crippen LogP contribution >= 0.6 is 0 Å². The molecule has 1 saturated carbocycles. The van der Waals surface area contributed by atoms with Gasteiger partial charge in [-0.15, -0.1) is 0 Å². The molecule has 1 aliphatic heterocycles. The summed E-state index contributed by atoms with van der Waals surface area (Å²) in [5, 5.41) is 12.2. The molecule has 1 heterocycles. The Balaban J connectivity index is 1.39. The maximum atomic E-state index is 14.3. The molecule has 2 aromatic rings. The molecular formula is C24H25F2NO5. The Labute approximate surface area is 184 Å². The van der Waals surface area contributed by atoms with Gasteiger partial charge in [-0.3, -0.25) is 4.79 Å². The number of amides is 1. The molecule has 4 rings (SSSR count). The van der Waals surface area contributed by atoms with E-state index in [-0.39, 0.29) is 26.1 Å². The summed E-state index contributed by atoms with van der Waals surface area (Å²) in [5.74, 6) is -6.73. The molecule has 6 nitrogen and oxygen atoms in total. The highest BCUT2D eigenvalue weighted by atomic mass is 19.3. The molecule has 2 fully saturated rings. The van der Waals surface area contributed by atoms with E-state index < -0.39 is 41.6 Å². The number of carbonyl (C=O) groups is 2. The first-order valence-electron chi connectivity index (χ1n) is 10.6. The molecule has 8 heteroatoms. The van der Waals surface area contributed by atoms with Crippen LogP contribution in [0.2, 0.25) is 0 Å². The van der Waals surface area contributed by atoms with Crippen LogP contribution in [-0.4, -0.2) is 36.1 Å². The lowest BCUT2D eigenvalue weighted by molar-refractivity contribution is -0.212. The molecule has 3 unspecified atom stereocenters. The number of carboxylic acids is 1. The van der Waals surface area contributed by atoms with Gasteiger partial charge in [0.2, 0.25) is 5.91 Å². The lowest BCUT2D eigenvalue weighted by atomic mass is 9.71. The van der Waals surface area contributed by atoms with Gasteiger partial charge in [0, 0.05) is 17.8 Å². The summed E-state index contributed by atoms with van der Waals surface area (Å²) in [5.41, 5.74) is 1.38. The third kappa shape index (κ3) is 4.75. The number of alkyl halides is 2. The lowest BCUT2D eigenvalue weighted by Gasteiger charge is -2.44. The normalized spacial score (nSPS) is 24.9. The molecule has 2 aromatic carbocycles. The van der Waals surface area contributed by atoms with Crippen LogP contribution in [0, 0.1) is 17.8 Å². The lowest BCUT2D eigenvalue weighted by Crippen LogP contribution is -2.53. The first-order chi connectivity index (χ1) is 15.3. The Kier molecular flexibility index (Phi) is 6.41. The number of hydrogen-bond donors (Lipinski definition) is 2. The summed E-state index contributed by atoms with van der Waals surface area (Å²) < 4.78 is 39.5. The molecule has 170 valence electrons. The number of halogens is 2. The second kappa shape index (κ2) is 9.24. The van der Waals surface area contributed by atoms with Gasteiger partial charge in [0.15, 0.2) is 6.04 Å². The summed E-state index contributed by atoms with van der Waals surface area (Å²) in [4.78, 5) is 24.6. The maximum Gasteiger partial charge on any atom is 0.330 e. The van der Waals surface area contributed by atoms with Crippen molar-refractivity contribution in [3.8, 4) is 5.75 Å². The van der Waals surface area contributed by atoms with Gasteiger partial charge in [-0.1, -0.05) is 42.5 Å². The quantitative estimate of drug-likeness (QED) is 0.677. The van der Waals surface area contributed by atoms with Crippen molar-refractivity contribution in [2.24, 2.45) is 17.8 Å². The minimum atomic E-state index is -2.85. The van der Waals surface area contributed by atoms with Crippen molar-refractivity contribution in [2.75, 3.05) is 13.2 Å². The molecule has 32 heavy (non-hydrogen) atoms. The van der Waals surface area contributed by atoms with Crippen molar-refractivity contribution in [3.05, 3.63) is 65.7 Å². The van der Waals surface area contributed by atoms with Crippen molar-refractivity contribution in [2.45, 2.75) is 31.4 Å². The summed E-state index contributed by atoms with van der Waals surface area (Å²) in [6, 6.07) is 14.8. The van der Waals surface area contributed by atoms with E-state index in [9.17, 15) is 23.5 Å². The first kappa shape index (κ1) is 22.2. The number of carboxylic acid groups (broad SMARTS) is 1. The Hall–Kier alpha value is -3.00. The second-order valence-electron chi connectivity index (χ2n) is 8.40. The Morgan fingerprint density at radius 3 is 2.28 bits per heavy atom. The molecule has 3 atom stereocenters. The van der Waals surface area contributed by atoms with Crippen LogP contribution in [-0.2, 0) is 20.9 Å². The van der Waals surface area contributed by atoms with Crippen LogP contribution in [0.4, 0.5) is 8.78 Å². The van der Waals surface area contributed by atoms with E-state index in [1.807, 2.05) is 30.3 Å². The van der Waals surface area contributed by atoms with Crippen LogP contribution < -0.4 is 10.1 Å². The average Bonchev–Trinajstić information content (AvgIpc) is 2.76. The van der Waals surface area contributed by atoms with E-state index >= 15 is 0 Å². The maximum absolute atomic E-state index is 14.3. The molecule has 0 spiro atoms. The van der Waals surface area contributed by atoms with Crippen LogP contribution in [0.5, 0.6) is 5.75 Å². The predicted molar refractivity (Wildman–Crippen MR) is 111 cm³/mol. The zero-order chi connectivity index (χ0) is 22.7. The second-order valence-corrected chi connectivity index (χ2v) is 8.40. The van der Waals surface area contributed by atoms with Gasteiger partial charge in [0.1, 0.15) is 12.4 Å². The number of benzene rings is 2. The third-order valence-corrected chi connectivity index (χ3v) is 6.23. The van der Waals surface area contributed by atoms with Crippen molar-refractivity contribution < 1.29 is 33.0 Å². The zero-order valence-electron chi connectivity index (χ0n) is 17.4. The summed E-state index contributed by atoms with van der Waals surface area (Å²) in [6.45, 7) is 0.206. The fourth-order valence-corrected chi connectivity index (χ4v) is 4.40. The van der Waals surface area contributed by atoms with E-state index in [1.54, 1.807) is 24.3 Å². The summed E-state index contributed by atoms with van der Waals surface area (Å²) >= 11 is 0. The van der Waals surface area contributed by atoms with Crippen LogP contribution in [0.1, 0.15) is 30.0 Å². The Morgan fingerprint density at radius 2 is 1.69 bits per heavy atom. The molecule has 1 amide bonds. The van der Waals surface area contributed by atoms with Crippen molar-refractivity contribution in [1.29, 1.82) is 0 Å². The molecule has 0 aromatic heterocycles. The Bertz CT molecular complexity index is 935. The smallest absolute Gasteiger partial charge is 0.330 e. The SMILES string of the molecule is O=C(NC(C(=O)O)c1ccc(OCc2ccccc2)cc1)C1CC2COCC(C1)C2(F)F. The third-order valence-electron chi connectivity index (χ3n) is 6.23. The van der Waals surface area contributed by atoms with Crippen molar-refractivity contribution >= 4 is 11.9 Å². The van der Waals surface area contributed by atoms with Crippen LogP contribution in [0.15, 0.2) is 54.6 Å². The molecule has 2 N–H and O–H groups in total. The highest BCUT2D eigenvalue weighted by Crippen LogP contribution is 2.48. The van der Waals surface area contributed by atoms with Gasteiger partial charge in [-0.25, -0.2) is 13.6 Å². The van der Waals surface area contributed by atoms with E-state index in [0.29, 0.717) is 17.9 Å². The number of nitrogens with one attached hydrogen (secondary N) is 1. The largest absolute Gasteiger partial charge is 0.489 e. The fraction of sp³-hybridized carbons (Fsp3) is 0.417. The minimum absolute atomic E-state index is 0.0199. The number of rotatable bonds is 7. The van der Waals surface area contributed by atoms with Gasteiger partial charge >= 0.3 is 5.97 Å². The predicted octanol–water partition coefficient (Wildman–Crippen LogP) is 3.82. The van der Waals surface area contributed by atoms with Crippen LogP contribution in [0.25, 0.3) is 0 Å². The molecule has 1 aliphatic carbocycles. The van der Waals surface area contributed by atoms with Crippen LogP contribution in [0.3, 0.4) is 0 Å². The minimum Gasteiger partial charge on any atom is -0.489 e. The highest BCUT2D eigenvalue weighted by Gasteiger charge is 2.55. The Morgan fingerprint density at radius 1 is 1.06 bits per heavy atom. The molecular weight excluding hydrogens is 420 g/mol. The topological polar surface area (TPSA) is 84.9 Å². The average molecular weight is 445 g/mol. The molecule has 0 radical (unpaired) electrons. The van der Waals surface area contributed by atoms with Gasteiger partial charge in [-0.05, 0) is 36.1 Å². The van der Waals surface area contributed by atoms with E-state index in [2.05, 4.69) is 5.32 Å². The van der Waals surface area contributed by atoms with Gasteiger partial charge < -0.3 is 19.9 Å². The van der Waals surface area contributed by atoms with Gasteiger partial charge in [0.05, 0.1) is 13.2 Å². The monoisotopic (exact) mass is 445 g/mol. The van der Waals surface area contributed by atoms with Crippen molar-refractivity contribution in [1.82, 2.24) is 5.32 Å². The zero-order valence-corrected chi connectivity index (χ0v) is 17.4. The van der Waals surface area contributed by atoms with E-state index in [4.69, 9.17) is 9.47 Å². The van der Waals surface area contributed by atoms with E-state index in [1.165, 1.54) is 0 Å². The van der Waals surface area contributed by atoms with Gasteiger partial charge in [0.25, 0.3) is 5.92 Å². The number of ether oxygens (including phenoxy) is 2. The highest BCUT2D eigenvalue weighted by molar-refractivity contribution is 5.86. The first-order valence-corrected chi connectivity index (χ1v) is 10.6. The molecule has 2 bridgehead atoms. The number of fused-ring (bicyclic) bond motifs is 2. The molecule has 1 saturated heterocycles. The summed E-state index contributed by atoms with van der Waals surface area (Å²) in [7, 11) is 0. The van der Waals surface area contributed by atoms with E-state index in [0.717, 1.165) is 5.56 Å². The fourth-order valence-electron chi connectivity index (χ4n) is 4.40.